The first-order valence-corrected chi connectivity index (χ1v) is 6.34. The molecule has 0 saturated heterocycles. The molecule has 0 aliphatic carbocycles. The van der Waals surface area contributed by atoms with Crippen molar-refractivity contribution in [3.8, 4) is 11.5 Å². The van der Waals surface area contributed by atoms with Gasteiger partial charge in [-0.05, 0) is 30.7 Å². The second kappa shape index (κ2) is 5.21. The molecule has 5 nitrogen and oxygen atoms in total. The average molecular weight is 270 g/mol. The lowest BCUT2D eigenvalue weighted by Crippen LogP contribution is -2.40. The Morgan fingerprint density at radius 1 is 1.25 bits per heavy atom. The van der Waals surface area contributed by atoms with Crippen molar-refractivity contribution in [3.63, 3.8) is 0 Å². The number of pyridine rings is 1. The van der Waals surface area contributed by atoms with Gasteiger partial charge in [0.25, 0.3) is 5.91 Å². The van der Waals surface area contributed by atoms with E-state index >= 15 is 0 Å². The van der Waals surface area contributed by atoms with E-state index in [1.807, 2.05) is 31.2 Å². The van der Waals surface area contributed by atoms with Gasteiger partial charge in [0.15, 0.2) is 11.5 Å². The molecule has 1 aromatic carbocycles. The number of rotatable bonds is 2. The first-order valence-electron chi connectivity index (χ1n) is 6.34. The number of amides is 1. The van der Waals surface area contributed by atoms with Crippen molar-refractivity contribution in [2.24, 2.45) is 0 Å². The lowest BCUT2D eigenvalue weighted by molar-refractivity contribution is -0.125. The molecule has 20 heavy (non-hydrogen) atoms. The van der Waals surface area contributed by atoms with Gasteiger partial charge in [-0.15, -0.1) is 0 Å². The fourth-order valence-electron chi connectivity index (χ4n) is 1.90. The van der Waals surface area contributed by atoms with Gasteiger partial charge in [-0.2, -0.15) is 0 Å². The van der Waals surface area contributed by atoms with Crippen LogP contribution in [0.5, 0.6) is 11.5 Å². The SMILES string of the molecule is Cc1ccc(NC(=O)[C@@H]2COc3ccccc3O2)nc1. The van der Waals surface area contributed by atoms with Gasteiger partial charge in [-0.1, -0.05) is 18.2 Å². The van der Waals surface area contributed by atoms with Gasteiger partial charge in [0, 0.05) is 6.20 Å². The second-order valence-electron chi connectivity index (χ2n) is 4.57. The van der Waals surface area contributed by atoms with E-state index in [-0.39, 0.29) is 12.5 Å². The normalized spacial score (nSPS) is 16.6. The number of carbonyl (C=O) groups is 1. The molecule has 0 bridgehead atoms. The number of hydrogen-bond donors (Lipinski definition) is 1. The fourth-order valence-corrected chi connectivity index (χ4v) is 1.90. The lowest BCUT2D eigenvalue weighted by atomic mass is 10.2. The van der Waals surface area contributed by atoms with Crippen molar-refractivity contribution >= 4 is 11.7 Å². The topological polar surface area (TPSA) is 60.5 Å². The zero-order valence-electron chi connectivity index (χ0n) is 11.0. The van der Waals surface area contributed by atoms with Gasteiger partial charge < -0.3 is 14.8 Å². The van der Waals surface area contributed by atoms with Crippen LogP contribution in [-0.4, -0.2) is 23.6 Å². The molecule has 0 fully saturated rings. The van der Waals surface area contributed by atoms with Crippen LogP contribution >= 0.6 is 0 Å². The molecule has 102 valence electrons. The minimum absolute atomic E-state index is 0.189. The highest BCUT2D eigenvalue weighted by atomic mass is 16.6. The number of fused-ring (bicyclic) bond motifs is 1. The number of anilines is 1. The second-order valence-corrected chi connectivity index (χ2v) is 4.57. The molecule has 1 aliphatic rings. The Kier molecular flexibility index (Phi) is 3.25. The fraction of sp³-hybridized carbons (Fsp3) is 0.200. The molecule has 0 unspecified atom stereocenters. The predicted octanol–water partition coefficient (Wildman–Crippen LogP) is 2.17. The number of hydrogen-bond acceptors (Lipinski definition) is 4. The number of aromatic nitrogens is 1. The molecular formula is C15H14N2O3. The molecule has 1 atom stereocenters. The number of ether oxygens (including phenoxy) is 2. The van der Waals surface area contributed by atoms with Crippen LogP contribution in [0.4, 0.5) is 5.82 Å². The zero-order chi connectivity index (χ0) is 13.9. The van der Waals surface area contributed by atoms with Crippen LogP contribution in [0.3, 0.4) is 0 Å². The Morgan fingerprint density at radius 2 is 2.05 bits per heavy atom. The number of carbonyl (C=O) groups excluding carboxylic acids is 1. The molecule has 5 heteroatoms. The third-order valence-corrected chi connectivity index (χ3v) is 2.96. The third kappa shape index (κ3) is 2.56. The van der Waals surface area contributed by atoms with Crippen LogP contribution in [0, 0.1) is 6.92 Å². The highest BCUT2D eigenvalue weighted by Crippen LogP contribution is 2.31. The number of aryl methyl sites for hydroxylation is 1. The highest BCUT2D eigenvalue weighted by molar-refractivity contribution is 5.93. The van der Waals surface area contributed by atoms with Crippen LogP contribution in [0.2, 0.25) is 0 Å². The van der Waals surface area contributed by atoms with Crippen molar-refractivity contribution in [2.45, 2.75) is 13.0 Å². The lowest BCUT2D eigenvalue weighted by Gasteiger charge is -2.25. The van der Waals surface area contributed by atoms with E-state index in [0.717, 1.165) is 5.56 Å². The van der Waals surface area contributed by atoms with Crippen LogP contribution in [-0.2, 0) is 4.79 Å². The Bertz CT molecular complexity index is 625. The maximum Gasteiger partial charge on any atom is 0.270 e. The number of nitrogens with zero attached hydrogens (tertiary/aromatic N) is 1. The standard InChI is InChI=1S/C15H14N2O3/c1-10-6-7-14(16-8-10)17-15(18)13-9-19-11-4-2-3-5-12(11)20-13/h2-8,13H,9H2,1H3,(H,16,17,18)/t13-/m0/s1. The van der Waals surface area contributed by atoms with Crippen LogP contribution in [0.15, 0.2) is 42.6 Å². The maximum absolute atomic E-state index is 12.1. The average Bonchev–Trinajstić information content (AvgIpc) is 2.49. The van der Waals surface area contributed by atoms with Crippen LogP contribution in [0.1, 0.15) is 5.56 Å². The van der Waals surface area contributed by atoms with Crippen molar-refractivity contribution < 1.29 is 14.3 Å². The molecule has 2 aromatic rings. The first kappa shape index (κ1) is 12.5. The van der Waals surface area contributed by atoms with E-state index in [4.69, 9.17) is 9.47 Å². The quantitative estimate of drug-likeness (QED) is 0.908. The van der Waals surface area contributed by atoms with Crippen LogP contribution in [0.25, 0.3) is 0 Å². The number of benzene rings is 1. The predicted molar refractivity (Wildman–Crippen MR) is 74.0 cm³/mol. The van der Waals surface area contributed by atoms with E-state index in [1.165, 1.54) is 0 Å². The molecule has 0 radical (unpaired) electrons. The molecule has 1 N–H and O–H groups in total. The summed E-state index contributed by atoms with van der Waals surface area (Å²) in [6.45, 7) is 2.13. The Labute approximate surface area is 116 Å². The van der Waals surface area contributed by atoms with Crippen molar-refractivity contribution in [2.75, 3.05) is 11.9 Å². The molecule has 0 saturated carbocycles. The monoisotopic (exact) mass is 270 g/mol. The van der Waals surface area contributed by atoms with Crippen molar-refractivity contribution in [1.82, 2.24) is 4.98 Å². The summed E-state index contributed by atoms with van der Waals surface area (Å²) in [6, 6.07) is 10.9. The molecule has 1 aromatic heterocycles. The molecule has 1 amide bonds. The minimum atomic E-state index is -0.673. The van der Waals surface area contributed by atoms with Gasteiger partial charge in [0.05, 0.1) is 0 Å². The van der Waals surface area contributed by atoms with E-state index in [0.29, 0.717) is 17.3 Å². The van der Waals surface area contributed by atoms with E-state index in [2.05, 4.69) is 10.3 Å². The molecule has 1 aliphatic heterocycles. The number of para-hydroxylation sites is 2. The first-order chi connectivity index (χ1) is 9.72. The number of nitrogens with one attached hydrogen (secondary N) is 1. The van der Waals surface area contributed by atoms with Crippen LogP contribution < -0.4 is 14.8 Å². The summed E-state index contributed by atoms with van der Waals surface area (Å²) >= 11 is 0. The summed E-state index contributed by atoms with van der Waals surface area (Å²) in [5, 5.41) is 2.71. The van der Waals surface area contributed by atoms with E-state index in [9.17, 15) is 4.79 Å². The minimum Gasteiger partial charge on any atom is -0.485 e. The largest absolute Gasteiger partial charge is 0.485 e. The van der Waals surface area contributed by atoms with Crippen molar-refractivity contribution in [1.29, 1.82) is 0 Å². The summed E-state index contributed by atoms with van der Waals surface area (Å²) < 4.78 is 11.1. The Balaban J connectivity index is 1.68. The van der Waals surface area contributed by atoms with Crippen molar-refractivity contribution in [3.05, 3.63) is 48.2 Å². The van der Waals surface area contributed by atoms with Gasteiger partial charge in [0.2, 0.25) is 6.10 Å². The molecule has 0 spiro atoms. The summed E-state index contributed by atoms with van der Waals surface area (Å²) in [6.07, 6.45) is 1.02. The van der Waals surface area contributed by atoms with Gasteiger partial charge in [-0.3, -0.25) is 4.79 Å². The Morgan fingerprint density at radius 3 is 2.80 bits per heavy atom. The summed E-state index contributed by atoms with van der Waals surface area (Å²) in [7, 11) is 0. The van der Waals surface area contributed by atoms with Gasteiger partial charge in [-0.25, -0.2) is 4.98 Å². The molecule has 2 heterocycles. The van der Waals surface area contributed by atoms with E-state index < -0.39 is 6.10 Å². The van der Waals surface area contributed by atoms with E-state index in [1.54, 1.807) is 18.3 Å². The summed E-state index contributed by atoms with van der Waals surface area (Å²) in [5.41, 5.74) is 1.04. The zero-order valence-corrected chi connectivity index (χ0v) is 11.0. The smallest absolute Gasteiger partial charge is 0.270 e. The Hall–Kier alpha value is -2.56. The maximum atomic E-state index is 12.1. The molecule has 3 rings (SSSR count). The third-order valence-electron chi connectivity index (χ3n) is 2.96. The summed E-state index contributed by atoms with van der Waals surface area (Å²) in [4.78, 5) is 16.2. The van der Waals surface area contributed by atoms with Gasteiger partial charge in [0.1, 0.15) is 12.4 Å². The van der Waals surface area contributed by atoms with Gasteiger partial charge >= 0.3 is 0 Å². The molecular weight excluding hydrogens is 256 g/mol. The summed E-state index contributed by atoms with van der Waals surface area (Å²) in [5.74, 6) is 1.47. The highest BCUT2D eigenvalue weighted by Gasteiger charge is 2.27.